The Bertz CT molecular complexity index is 287. The van der Waals surface area contributed by atoms with Gasteiger partial charge in [0.25, 0.3) is 0 Å². The second-order valence-electron chi connectivity index (χ2n) is 3.10. The van der Waals surface area contributed by atoms with E-state index in [9.17, 15) is 8.78 Å². The lowest BCUT2D eigenvalue weighted by molar-refractivity contribution is -0.0859. The Kier molecular flexibility index (Phi) is 1.99. The number of rotatable bonds is 1. The van der Waals surface area contributed by atoms with Crippen LogP contribution in [0.4, 0.5) is 8.78 Å². The summed E-state index contributed by atoms with van der Waals surface area (Å²) in [5.41, 5.74) is 0. The van der Waals surface area contributed by atoms with Crippen molar-refractivity contribution >= 4 is 27.3 Å². The fourth-order valence-electron chi connectivity index (χ4n) is 1.41. The zero-order valence-corrected chi connectivity index (χ0v) is 8.59. The molecule has 66 valence electrons. The molecule has 1 aromatic rings. The van der Waals surface area contributed by atoms with Gasteiger partial charge in [0.1, 0.15) is 0 Å². The highest BCUT2D eigenvalue weighted by molar-refractivity contribution is 9.11. The fourth-order valence-corrected chi connectivity index (χ4v) is 2.93. The molecule has 0 aromatic carbocycles. The molecule has 0 bridgehead atoms. The van der Waals surface area contributed by atoms with Crippen LogP contribution in [0, 0.1) is 0 Å². The lowest BCUT2D eigenvalue weighted by Crippen LogP contribution is -2.33. The molecule has 1 heterocycles. The Morgan fingerprint density at radius 3 is 2.50 bits per heavy atom. The molecule has 0 radical (unpaired) electrons. The molecule has 1 fully saturated rings. The van der Waals surface area contributed by atoms with Gasteiger partial charge in [0.15, 0.2) is 0 Å². The minimum Gasteiger partial charge on any atom is -0.207 e. The zero-order chi connectivity index (χ0) is 8.77. The average Bonchev–Trinajstić information content (AvgIpc) is 2.30. The van der Waals surface area contributed by atoms with Gasteiger partial charge < -0.3 is 0 Å². The van der Waals surface area contributed by atoms with E-state index in [0.29, 0.717) is 0 Å². The van der Waals surface area contributed by atoms with Crippen molar-refractivity contribution in [1.82, 2.24) is 0 Å². The third-order valence-corrected chi connectivity index (χ3v) is 3.87. The van der Waals surface area contributed by atoms with Crippen molar-refractivity contribution in [2.75, 3.05) is 0 Å². The van der Waals surface area contributed by atoms with Crippen molar-refractivity contribution < 1.29 is 8.78 Å². The van der Waals surface area contributed by atoms with Crippen molar-refractivity contribution in [3.05, 3.63) is 20.8 Å². The first-order valence-electron chi connectivity index (χ1n) is 3.70. The summed E-state index contributed by atoms with van der Waals surface area (Å²) in [4.78, 5) is 1.08. The standard InChI is InChI=1S/C8H7BrF2S/c9-7-2-1-6(12-7)5-3-8(10,11)4-5/h1-2,5H,3-4H2. The SMILES string of the molecule is FC1(F)CC(c2ccc(Br)s2)C1. The number of hydrogen-bond acceptors (Lipinski definition) is 1. The van der Waals surface area contributed by atoms with Crippen molar-refractivity contribution in [2.24, 2.45) is 0 Å². The molecule has 1 saturated carbocycles. The summed E-state index contributed by atoms with van der Waals surface area (Å²) in [6, 6.07) is 3.84. The number of thiophene rings is 1. The smallest absolute Gasteiger partial charge is 0.207 e. The highest BCUT2D eigenvalue weighted by Crippen LogP contribution is 2.50. The maximum atomic E-state index is 12.5. The largest absolute Gasteiger partial charge is 0.249 e. The monoisotopic (exact) mass is 252 g/mol. The van der Waals surface area contributed by atoms with Crippen LogP contribution >= 0.6 is 27.3 Å². The van der Waals surface area contributed by atoms with E-state index in [1.807, 2.05) is 12.1 Å². The summed E-state index contributed by atoms with van der Waals surface area (Å²) in [6.07, 6.45) is 0.0555. The van der Waals surface area contributed by atoms with Gasteiger partial charge in [-0.3, -0.25) is 0 Å². The van der Waals surface area contributed by atoms with Crippen LogP contribution in [-0.2, 0) is 0 Å². The lowest BCUT2D eigenvalue weighted by Gasteiger charge is -2.34. The van der Waals surface area contributed by atoms with E-state index in [0.717, 1.165) is 8.66 Å². The third-order valence-electron chi connectivity index (χ3n) is 2.09. The average molecular weight is 253 g/mol. The highest BCUT2D eigenvalue weighted by atomic mass is 79.9. The molecule has 1 aliphatic rings. The highest BCUT2D eigenvalue weighted by Gasteiger charge is 2.46. The summed E-state index contributed by atoms with van der Waals surface area (Å²) in [5.74, 6) is -2.31. The van der Waals surface area contributed by atoms with Gasteiger partial charge in [-0.1, -0.05) is 0 Å². The van der Waals surface area contributed by atoms with Crippen LogP contribution in [0.5, 0.6) is 0 Å². The van der Waals surface area contributed by atoms with Crippen LogP contribution in [0.15, 0.2) is 15.9 Å². The zero-order valence-electron chi connectivity index (χ0n) is 6.19. The lowest BCUT2D eigenvalue weighted by atomic mass is 9.80. The van der Waals surface area contributed by atoms with Crippen molar-refractivity contribution in [1.29, 1.82) is 0 Å². The van der Waals surface area contributed by atoms with E-state index in [1.165, 1.54) is 0 Å². The van der Waals surface area contributed by atoms with Crippen molar-refractivity contribution in [3.63, 3.8) is 0 Å². The predicted molar refractivity (Wildman–Crippen MR) is 48.9 cm³/mol. The van der Waals surface area contributed by atoms with Gasteiger partial charge in [0.05, 0.1) is 3.79 Å². The van der Waals surface area contributed by atoms with Gasteiger partial charge in [-0.25, -0.2) is 8.78 Å². The van der Waals surface area contributed by atoms with Gasteiger partial charge in [0, 0.05) is 23.6 Å². The van der Waals surface area contributed by atoms with E-state index in [2.05, 4.69) is 15.9 Å². The molecule has 1 aliphatic carbocycles. The summed E-state index contributed by atoms with van der Waals surface area (Å²) in [6.45, 7) is 0. The second kappa shape index (κ2) is 2.77. The summed E-state index contributed by atoms with van der Waals surface area (Å²) in [7, 11) is 0. The topological polar surface area (TPSA) is 0 Å². The molecule has 12 heavy (non-hydrogen) atoms. The van der Waals surface area contributed by atoms with E-state index in [4.69, 9.17) is 0 Å². The Labute approximate surface area is 81.7 Å². The summed E-state index contributed by atoms with van der Waals surface area (Å²) in [5, 5.41) is 0. The number of hydrogen-bond donors (Lipinski definition) is 0. The summed E-state index contributed by atoms with van der Waals surface area (Å²) >= 11 is 4.87. The molecule has 0 nitrogen and oxygen atoms in total. The molecule has 0 unspecified atom stereocenters. The quantitative estimate of drug-likeness (QED) is 0.709. The van der Waals surface area contributed by atoms with Crippen molar-refractivity contribution in [3.8, 4) is 0 Å². The van der Waals surface area contributed by atoms with E-state index >= 15 is 0 Å². The second-order valence-corrected chi connectivity index (χ2v) is 5.60. The Hall–Kier alpha value is 0.0400. The van der Waals surface area contributed by atoms with Crippen LogP contribution < -0.4 is 0 Å². The summed E-state index contributed by atoms with van der Waals surface area (Å²) < 4.78 is 26.0. The predicted octanol–water partition coefficient (Wildman–Crippen LogP) is 4.02. The van der Waals surface area contributed by atoms with Gasteiger partial charge in [-0.15, -0.1) is 11.3 Å². The van der Waals surface area contributed by atoms with Gasteiger partial charge in [-0.2, -0.15) is 0 Å². The van der Waals surface area contributed by atoms with Crippen LogP contribution in [0.3, 0.4) is 0 Å². The Morgan fingerprint density at radius 1 is 1.42 bits per heavy atom. The van der Waals surface area contributed by atoms with Crippen LogP contribution in [0.1, 0.15) is 23.6 Å². The molecule has 0 N–H and O–H groups in total. The first-order chi connectivity index (χ1) is 5.57. The molecule has 0 saturated heterocycles. The molecule has 2 rings (SSSR count). The van der Waals surface area contributed by atoms with Crippen LogP contribution in [0.25, 0.3) is 0 Å². The van der Waals surface area contributed by atoms with Crippen LogP contribution in [-0.4, -0.2) is 5.92 Å². The maximum absolute atomic E-state index is 12.5. The molecule has 0 amide bonds. The molecule has 0 atom stereocenters. The number of halogens is 3. The normalized spacial score (nSPS) is 22.2. The molecule has 0 aliphatic heterocycles. The minimum absolute atomic E-state index is 0.0277. The Morgan fingerprint density at radius 2 is 2.08 bits per heavy atom. The van der Waals surface area contributed by atoms with Gasteiger partial charge in [0.2, 0.25) is 5.92 Å². The number of alkyl halides is 2. The molecule has 0 spiro atoms. The van der Waals surface area contributed by atoms with Crippen molar-refractivity contribution in [2.45, 2.75) is 24.7 Å². The fraction of sp³-hybridized carbons (Fsp3) is 0.500. The molecular formula is C8H7BrF2S. The van der Waals surface area contributed by atoms with E-state index < -0.39 is 5.92 Å². The van der Waals surface area contributed by atoms with E-state index in [-0.39, 0.29) is 18.8 Å². The first-order valence-corrected chi connectivity index (χ1v) is 5.31. The molecular weight excluding hydrogens is 246 g/mol. The Balaban J connectivity index is 2.06. The molecule has 1 aromatic heterocycles. The van der Waals surface area contributed by atoms with E-state index in [1.54, 1.807) is 11.3 Å². The first kappa shape index (κ1) is 8.63. The maximum Gasteiger partial charge on any atom is 0.249 e. The minimum atomic E-state index is -2.40. The van der Waals surface area contributed by atoms with Gasteiger partial charge >= 0.3 is 0 Å². The van der Waals surface area contributed by atoms with Crippen LogP contribution in [0.2, 0.25) is 0 Å². The molecule has 4 heteroatoms. The third kappa shape index (κ3) is 1.55. The van der Waals surface area contributed by atoms with Gasteiger partial charge in [-0.05, 0) is 28.1 Å².